The lowest BCUT2D eigenvalue weighted by Crippen LogP contribution is -2.53. The van der Waals surface area contributed by atoms with E-state index in [1.807, 2.05) is 0 Å². The number of nitrogens with one attached hydrogen (secondary N) is 8. The number of carbonyl (C=O) groups is 6. The van der Waals surface area contributed by atoms with E-state index in [4.69, 9.17) is 0 Å². The Morgan fingerprint density at radius 2 is 1.07 bits per heavy atom. The fourth-order valence-electron chi connectivity index (χ4n) is 4.13. The number of carbonyl (C=O) groups excluding carboxylic acids is 6. The number of anilines is 2. The molecule has 16 heteroatoms. The minimum absolute atomic E-state index is 0.0240. The number of benzene rings is 1. The van der Waals surface area contributed by atoms with Crippen molar-refractivity contribution >= 4 is 46.8 Å². The van der Waals surface area contributed by atoms with Gasteiger partial charge in [0.25, 0.3) is 0 Å². The van der Waals surface area contributed by atoms with E-state index in [9.17, 15) is 39.0 Å². The van der Waals surface area contributed by atoms with E-state index < -0.39 is 72.8 Å². The summed E-state index contributed by atoms with van der Waals surface area (Å²) in [4.78, 5) is 73.3. The molecule has 4 atom stereocenters. The van der Waals surface area contributed by atoms with E-state index in [0.717, 1.165) is 0 Å². The van der Waals surface area contributed by atoms with Crippen LogP contribution < -0.4 is 42.5 Å². The molecule has 2 aliphatic heterocycles. The predicted octanol–water partition coefficient (Wildman–Crippen LogP) is -3.41. The van der Waals surface area contributed by atoms with Crippen molar-refractivity contribution in [1.29, 1.82) is 0 Å². The molecule has 16 nitrogen and oxygen atoms in total. The SMILES string of the molecule is O=C(CCNC(=O)[C@H](CO)NC(=O)[C@@H]1C=CCN1)Nc1ccc(NC(=O)CCNC(=O)[C@H](CO)NC(=O)[C@@H]2C=CCN2)cc1. The second-order valence-electron chi connectivity index (χ2n) is 9.87. The molecular formula is C28H38N8O8. The second-order valence-corrected chi connectivity index (χ2v) is 9.87. The predicted molar refractivity (Wildman–Crippen MR) is 159 cm³/mol. The zero-order chi connectivity index (χ0) is 31.9. The highest BCUT2D eigenvalue weighted by Gasteiger charge is 2.26. The molecule has 0 saturated heterocycles. The maximum atomic E-state index is 12.3. The van der Waals surface area contributed by atoms with Crippen LogP contribution >= 0.6 is 0 Å². The zero-order valence-electron chi connectivity index (χ0n) is 23.9. The lowest BCUT2D eigenvalue weighted by atomic mass is 10.2. The topological polar surface area (TPSA) is 239 Å². The Morgan fingerprint density at radius 3 is 1.39 bits per heavy atom. The molecule has 2 heterocycles. The van der Waals surface area contributed by atoms with Crippen LogP contribution in [0, 0.1) is 0 Å². The third-order valence-electron chi connectivity index (χ3n) is 6.52. The number of aliphatic hydroxyl groups is 2. The number of hydrogen-bond donors (Lipinski definition) is 10. The first kappa shape index (κ1) is 33.9. The van der Waals surface area contributed by atoms with E-state index in [-0.39, 0.29) is 25.9 Å². The highest BCUT2D eigenvalue weighted by molar-refractivity contribution is 5.95. The van der Waals surface area contributed by atoms with Gasteiger partial charge in [-0.3, -0.25) is 39.4 Å². The molecule has 6 amide bonds. The first-order chi connectivity index (χ1) is 21.2. The van der Waals surface area contributed by atoms with Crippen LogP contribution in [-0.4, -0.2) is 109 Å². The number of aliphatic hydroxyl groups excluding tert-OH is 2. The lowest BCUT2D eigenvalue weighted by Gasteiger charge is -2.18. The van der Waals surface area contributed by atoms with Crippen molar-refractivity contribution in [3.63, 3.8) is 0 Å². The van der Waals surface area contributed by atoms with Crippen LogP contribution in [0.3, 0.4) is 0 Å². The highest BCUT2D eigenvalue weighted by Crippen LogP contribution is 2.14. The van der Waals surface area contributed by atoms with Gasteiger partial charge in [-0.2, -0.15) is 0 Å². The second kappa shape index (κ2) is 17.5. The molecule has 0 unspecified atom stereocenters. The summed E-state index contributed by atoms with van der Waals surface area (Å²) in [6, 6.07) is 2.84. The maximum absolute atomic E-state index is 12.3. The van der Waals surface area contributed by atoms with E-state index in [2.05, 4.69) is 42.5 Å². The maximum Gasteiger partial charge on any atom is 0.244 e. The van der Waals surface area contributed by atoms with Crippen molar-refractivity contribution in [2.45, 2.75) is 37.0 Å². The van der Waals surface area contributed by atoms with Crippen LogP contribution in [-0.2, 0) is 28.8 Å². The largest absolute Gasteiger partial charge is 0.394 e. The van der Waals surface area contributed by atoms with E-state index in [1.54, 1.807) is 48.6 Å². The van der Waals surface area contributed by atoms with Gasteiger partial charge in [0, 0.05) is 50.4 Å². The van der Waals surface area contributed by atoms with Crippen LogP contribution in [0.2, 0.25) is 0 Å². The Morgan fingerprint density at radius 1 is 0.682 bits per heavy atom. The van der Waals surface area contributed by atoms with Crippen molar-refractivity contribution < 1.29 is 39.0 Å². The summed E-state index contributed by atoms with van der Waals surface area (Å²) in [6.45, 7) is -0.171. The minimum atomic E-state index is -1.15. The van der Waals surface area contributed by atoms with Gasteiger partial charge >= 0.3 is 0 Å². The molecule has 238 valence electrons. The summed E-state index contributed by atoms with van der Waals surface area (Å²) in [6.07, 6.45) is 6.74. The third-order valence-corrected chi connectivity index (χ3v) is 6.52. The molecule has 0 fully saturated rings. The van der Waals surface area contributed by atoms with Crippen LogP contribution in [0.4, 0.5) is 11.4 Å². The monoisotopic (exact) mass is 614 g/mol. The quantitative estimate of drug-likeness (QED) is 0.0828. The Kier molecular flexibility index (Phi) is 13.4. The van der Waals surface area contributed by atoms with Crippen LogP contribution in [0.15, 0.2) is 48.6 Å². The summed E-state index contributed by atoms with van der Waals surface area (Å²) in [7, 11) is 0. The van der Waals surface area contributed by atoms with Crippen molar-refractivity contribution in [3.8, 4) is 0 Å². The summed E-state index contributed by atoms with van der Waals surface area (Å²) in [5.41, 5.74) is 0.897. The molecule has 0 saturated carbocycles. The standard InChI is InChI=1S/C28H38N8O8/c37-15-21(35-27(43)19-3-1-11-29-19)25(41)31-13-9-23(39)33-17-5-7-18(8-6-17)34-24(40)10-14-32-26(42)22(16-38)36-28(44)20-4-2-12-30-20/h1-8,19-22,29-30,37-38H,9-16H2,(H,31,41)(H,32,42)(H,33,39)(H,34,40)(H,35,43)(H,36,44)/t19-,20-,21-,22-/m0/s1. The molecule has 10 N–H and O–H groups in total. The molecule has 0 aromatic heterocycles. The first-order valence-electron chi connectivity index (χ1n) is 14.1. The Hall–Kier alpha value is -4.64. The van der Waals surface area contributed by atoms with Gasteiger partial charge in [-0.05, 0) is 24.3 Å². The van der Waals surface area contributed by atoms with E-state index >= 15 is 0 Å². The molecule has 3 rings (SSSR count). The van der Waals surface area contributed by atoms with Gasteiger partial charge in [0.15, 0.2) is 0 Å². The van der Waals surface area contributed by atoms with Crippen LogP contribution in [0.25, 0.3) is 0 Å². The Bertz CT molecular complexity index is 1160. The molecule has 0 spiro atoms. The number of amides is 6. The third kappa shape index (κ3) is 10.9. The van der Waals surface area contributed by atoms with Crippen LogP contribution in [0.1, 0.15) is 12.8 Å². The summed E-state index contributed by atoms with van der Waals surface area (Å²) >= 11 is 0. The van der Waals surface area contributed by atoms with Gasteiger partial charge in [0.05, 0.1) is 13.2 Å². The summed E-state index contributed by atoms with van der Waals surface area (Å²) < 4.78 is 0. The average Bonchev–Trinajstić information content (AvgIpc) is 3.75. The lowest BCUT2D eigenvalue weighted by molar-refractivity contribution is -0.130. The van der Waals surface area contributed by atoms with Crippen molar-refractivity contribution in [3.05, 3.63) is 48.6 Å². The van der Waals surface area contributed by atoms with Gasteiger partial charge in [0.2, 0.25) is 35.4 Å². The first-order valence-corrected chi connectivity index (χ1v) is 14.1. The Labute approximate surface area is 253 Å². The molecule has 44 heavy (non-hydrogen) atoms. The Balaban J connectivity index is 1.31. The molecular weight excluding hydrogens is 576 g/mol. The summed E-state index contributed by atoms with van der Waals surface area (Å²) in [5.74, 6) is -2.91. The van der Waals surface area contributed by atoms with Gasteiger partial charge < -0.3 is 42.1 Å². The highest BCUT2D eigenvalue weighted by atomic mass is 16.3. The minimum Gasteiger partial charge on any atom is -0.394 e. The smallest absolute Gasteiger partial charge is 0.244 e. The molecule has 0 radical (unpaired) electrons. The van der Waals surface area contributed by atoms with E-state index in [1.165, 1.54) is 0 Å². The summed E-state index contributed by atoms with van der Waals surface area (Å²) in [5, 5.41) is 40.0. The van der Waals surface area contributed by atoms with Gasteiger partial charge in [-0.1, -0.05) is 24.3 Å². The molecule has 2 aliphatic rings. The normalized spacial score (nSPS) is 18.1. The van der Waals surface area contributed by atoms with Gasteiger partial charge in [-0.25, -0.2) is 0 Å². The van der Waals surface area contributed by atoms with Crippen molar-refractivity contribution in [2.24, 2.45) is 0 Å². The number of rotatable bonds is 16. The number of hydrogen-bond acceptors (Lipinski definition) is 10. The fraction of sp³-hybridized carbons (Fsp3) is 0.429. The van der Waals surface area contributed by atoms with Crippen LogP contribution in [0.5, 0.6) is 0 Å². The molecule has 1 aromatic rings. The van der Waals surface area contributed by atoms with Gasteiger partial charge in [0.1, 0.15) is 24.2 Å². The molecule has 0 bridgehead atoms. The van der Waals surface area contributed by atoms with Crippen molar-refractivity contribution in [1.82, 2.24) is 31.9 Å². The van der Waals surface area contributed by atoms with Gasteiger partial charge in [-0.15, -0.1) is 0 Å². The zero-order valence-corrected chi connectivity index (χ0v) is 23.9. The van der Waals surface area contributed by atoms with E-state index in [0.29, 0.717) is 24.5 Å². The molecule has 0 aliphatic carbocycles. The average molecular weight is 615 g/mol. The molecule has 1 aromatic carbocycles. The fourth-order valence-corrected chi connectivity index (χ4v) is 4.13. The van der Waals surface area contributed by atoms with Crippen molar-refractivity contribution in [2.75, 3.05) is 50.0 Å².